The fraction of sp³-hybridized carbons (Fsp3) is 0.615. The van der Waals surface area contributed by atoms with Crippen molar-refractivity contribution in [2.75, 3.05) is 25.6 Å². The number of rotatable bonds is 9. The van der Waals surface area contributed by atoms with Crippen LogP contribution in [0.15, 0.2) is 6.33 Å². The van der Waals surface area contributed by atoms with E-state index in [1.54, 1.807) is 14.0 Å². The van der Waals surface area contributed by atoms with Gasteiger partial charge in [0.15, 0.2) is 0 Å². The lowest BCUT2D eigenvalue weighted by atomic mass is 10.1. The quantitative estimate of drug-likeness (QED) is 0.663. The fourth-order valence-corrected chi connectivity index (χ4v) is 1.72. The third-order valence-electron chi connectivity index (χ3n) is 2.77. The summed E-state index contributed by atoms with van der Waals surface area (Å²) in [5.74, 6) is 0.0244. The monoisotopic (exact) mass is 283 g/mol. The summed E-state index contributed by atoms with van der Waals surface area (Å²) in [6.07, 6.45) is 2.47. The molecule has 0 amide bonds. The normalized spacial score (nSPS) is 11.9. The SMILES string of the molecule is CCOc1ncnc(NC(CCCOC)C(=O)O)c1C. The molecule has 0 radical (unpaired) electrons. The summed E-state index contributed by atoms with van der Waals surface area (Å²) in [7, 11) is 1.59. The van der Waals surface area contributed by atoms with Crippen LogP contribution < -0.4 is 10.1 Å². The first-order chi connectivity index (χ1) is 9.60. The lowest BCUT2D eigenvalue weighted by molar-refractivity contribution is -0.138. The molecule has 7 nitrogen and oxygen atoms in total. The van der Waals surface area contributed by atoms with Crippen molar-refractivity contribution in [1.29, 1.82) is 0 Å². The van der Waals surface area contributed by atoms with Crippen molar-refractivity contribution in [1.82, 2.24) is 9.97 Å². The van der Waals surface area contributed by atoms with Crippen LogP contribution in [0.3, 0.4) is 0 Å². The minimum absolute atomic E-state index is 0.455. The minimum atomic E-state index is -0.919. The summed E-state index contributed by atoms with van der Waals surface area (Å²) in [6.45, 7) is 4.67. The summed E-state index contributed by atoms with van der Waals surface area (Å²) in [5, 5.41) is 12.1. The topological polar surface area (TPSA) is 93.6 Å². The zero-order chi connectivity index (χ0) is 15.0. The molecule has 1 heterocycles. The van der Waals surface area contributed by atoms with Crippen molar-refractivity contribution < 1.29 is 19.4 Å². The molecule has 1 unspecified atom stereocenters. The number of nitrogens with one attached hydrogen (secondary N) is 1. The molecule has 0 spiro atoms. The highest BCUT2D eigenvalue weighted by Gasteiger charge is 2.19. The first-order valence-electron chi connectivity index (χ1n) is 6.52. The van der Waals surface area contributed by atoms with E-state index in [4.69, 9.17) is 9.47 Å². The van der Waals surface area contributed by atoms with Crippen LogP contribution >= 0.6 is 0 Å². The van der Waals surface area contributed by atoms with Crippen molar-refractivity contribution in [3.05, 3.63) is 11.9 Å². The molecular formula is C13H21N3O4. The molecule has 0 bridgehead atoms. The van der Waals surface area contributed by atoms with Gasteiger partial charge < -0.3 is 19.9 Å². The van der Waals surface area contributed by atoms with E-state index in [-0.39, 0.29) is 0 Å². The Morgan fingerprint density at radius 2 is 2.25 bits per heavy atom. The van der Waals surface area contributed by atoms with Gasteiger partial charge in [-0.25, -0.2) is 14.8 Å². The van der Waals surface area contributed by atoms with Gasteiger partial charge in [-0.2, -0.15) is 0 Å². The molecule has 20 heavy (non-hydrogen) atoms. The third-order valence-corrected chi connectivity index (χ3v) is 2.77. The zero-order valence-corrected chi connectivity index (χ0v) is 12.0. The van der Waals surface area contributed by atoms with Crippen molar-refractivity contribution in [3.63, 3.8) is 0 Å². The van der Waals surface area contributed by atoms with Crippen LogP contribution in [-0.2, 0) is 9.53 Å². The molecule has 0 aliphatic carbocycles. The van der Waals surface area contributed by atoms with Crippen molar-refractivity contribution >= 4 is 11.8 Å². The second-order valence-electron chi connectivity index (χ2n) is 4.26. The number of hydrogen-bond acceptors (Lipinski definition) is 6. The summed E-state index contributed by atoms with van der Waals surface area (Å²) in [4.78, 5) is 19.3. The molecule has 1 aromatic rings. The Morgan fingerprint density at radius 1 is 1.50 bits per heavy atom. The maximum Gasteiger partial charge on any atom is 0.326 e. The maximum atomic E-state index is 11.2. The second-order valence-corrected chi connectivity index (χ2v) is 4.26. The first-order valence-corrected chi connectivity index (χ1v) is 6.52. The Balaban J connectivity index is 2.77. The van der Waals surface area contributed by atoms with Crippen LogP contribution in [0.2, 0.25) is 0 Å². The van der Waals surface area contributed by atoms with Crippen molar-refractivity contribution in [3.8, 4) is 5.88 Å². The Bertz CT molecular complexity index is 440. The van der Waals surface area contributed by atoms with E-state index in [2.05, 4.69) is 15.3 Å². The van der Waals surface area contributed by atoms with Gasteiger partial charge in [0.05, 0.1) is 12.2 Å². The number of anilines is 1. The molecule has 1 aromatic heterocycles. The van der Waals surface area contributed by atoms with Crippen LogP contribution in [0.5, 0.6) is 5.88 Å². The lowest BCUT2D eigenvalue weighted by Gasteiger charge is -2.17. The third kappa shape index (κ3) is 4.65. The molecule has 0 aromatic carbocycles. The number of hydrogen-bond donors (Lipinski definition) is 2. The lowest BCUT2D eigenvalue weighted by Crippen LogP contribution is -2.30. The highest BCUT2D eigenvalue weighted by Crippen LogP contribution is 2.21. The van der Waals surface area contributed by atoms with E-state index in [0.717, 1.165) is 0 Å². The van der Waals surface area contributed by atoms with Gasteiger partial charge in [-0.3, -0.25) is 0 Å². The summed E-state index contributed by atoms with van der Waals surface area (Å²) >= 11 is 0. The van der Waals surface area contributed by atoms with Gasteiger partial charge >= 0.3 is 5.97 Å². The highest BCUT2D eigenvalue weighted by molar-refractivity contribution is 5.77. The number of aromatic nitrogens is 2. The molecule has 7 heteroatoms. The largest absolute Gasteiger partial charge is 0.480 e. The Kier molecular flexibility index (Phi) is 6.72. The van der Waals surface area contributed by atoms with Gasteiger partial charge in [0.2, 0.25) is 5.88 Å². The van der Waals surface area contributed by atoms with E-state index in [0.29, 0.717) is 43.3 Å². The summed E-state index contributed by atoms with van der Waals surface area (Å²) in [6, 6.07) is -0.715. The maximum absolute atomic E-state index is 11.2. The summed E-state index contributed by atoms with van der Waals surface area (Å²) in [5.41, 5.74) is 0.701. The van der Waals surface area contributed by atoms with Crippen LogP contribution in [0.1, 0.15) is 25.3 Å². The minimum Gasteiger partial charge on any atom is -0.480 e. The predicted molar refractivity (Wildman–Crippen MR) is 74.1 cm³/mol. The van der Waals surface area contributed by atoms with Gasteiger partial charge in [-0.05, 0) is 26.7 Å². The second kappa shape index (κ2) is 8.31. The molecular weight excluding hydrogens is 262 g/mol. The van der Waals surface area contributed by atoms with Crippen molar-refractivity contribution in [2.24, 2.45) is 0 Å². The molecule has 1 atom stereocenters. The number of methoxy groups -OCH3 is 1. The standard InChI is InChI=1S/C13H21N3O4/c1-4-20-12-9(2)11(14-8-15-12)16-10(13(17)18)6-5-7-19-3/h8,10H,4-7H2,1-3H3,(H,17,18)(H,14,15,16). The first kappa shape index (κ1) is 16.2. The Hall–Kier alpha value is -1.89. The predicted octanol–water partition coefficient (Wildman–Crippen LogP) is 1.48. The molecule has 0 saturated heterocycles. The van der Waals surface area contributed by atoms with E-state index in [1.807, 2.05) is 6.92 Å². The molecule has 0 fully saturated rings. The molecule has 1 rings (SSSR count). The van der Waals surface area contributed by atoms with E-state index in [1.165, 1.54) is 6.33 Å². The highest BCUT2D eigenvalue weighted by atomic mass is 16.5. The number of aliphatic carboxylic acids is 1. The van der Waals surface area contributed by atoms with E-state index >= 15 is 0 Å². The fourth-order valence-electron chi connectivity index (χ4n) is 1.72. The number of nitrogens with zero attached hydrogens (tertiary/aromatic N) is 2. The molecule has 0 aliphatic heterocycles. The van der Waals surface area contributed by atoms with E-state index < -0.39 is 12.0 Å². The van der Waals surface area contributed by atoms with Crippen LogP contribution in [0.25, 0.3) is 0 Å². The molecule has 112 valence electrons. The van der Waals surface area contributed by atoms with Crippen LogP contribution in [0, 0.1) is 6.92 Å². The van der Waals surface area contributed by atoms with Gasteiger partial charge in [-0.15, -0.1) is 0 Å². The Morgan fingerprint density at radius 3 is 2.85 bits per heavy atom. The van der Waals surface area contributed by atoms with Gasteiger partial charge in [0.25, 0.3) is 0 Å². The number of carboxylic acids is 1. The molecule has 0 saturated carbocycles. The van der Waals surface area contributed by atoms with Crippen molar-refractivity contribution in [2.45, 2.75) is 32.7 Å². The number of carboxylic acid groups (broad SMARTS) is 1. The van der Waals surface area contributed by atoms with Gasteiger partial charge in [0.1, 0.15) is 18.2 Å². The van der Waals surface area contributed by atoms with Gasteiger partial charge in [-0.1, -0.05) is 0 Å². The number of carbonyl (C=O) groups is 1. The Labute approximate surface area is 118 Å². The number of ether oxygens (including phenoxy) is 2. The average Bonchev–Trinajstić information content (AvgIpc) is 2.42. The van der Waals surface area contributed by atoms with E-state index in [9.17, 15) is 9.90 Å². The smallest absolute Gasteiger partial charge is 0.326 e. The average molecular weight is 283 g/mol. The van der Waals surface area contributed by atoms with Crippen LogP contribution in [0.4, 0.5) is 5.82 Å². The summed E-state index contributed by atoms with van der Waals surface area (Å²) < 4.78 is 10.3. The zero-order valence-electron chi connectivity index (χ0n) is 12.0. The molecule has 0 aliphatic rings. The van der Waals surface area contributed by atoms with Crippen LogP contribution in [-0.4, -0.2) is 47.4 Å². The van der Waals surface area contributed by atoms with Gasteiger partial charge in [0, 0.05) is 13.7 Å². The molecule has 2 N–H and O–H groups in total.